The minimum atomic E-state index is 0.654. The number of hydrogen-bond acceptors (Lipinski definition) is 4. The Balaban J connectivity index is 0.00000139. The first kappa shape index (κ1) is 18.9. The maximum Gasteiger partial charge on any atom is 0.143 e. The van der Waals surface area contributed by atoms with E-state index in [1.165, 1.54) is 6.33 Å². The Morgan fingerprint density at radius 3 is 2.71 bits per heavy atom. The van der Waals surface area contributed by atoms with Gasteiger partial charge in [-0.1, -0.05) is 32.6 Å². The fourth-order valence-electron chi connectivity index (χ4n) is 2.04. The predicted molar refractivity (Wildman–Crippen MR) is 99.7 cm³/mol. The lowest BCUT2D eigenvalue weighted by molar-refractivity contribution is 1.08. The Morgan fingerprint density at radius 2 is 2.08 bits per heavy atom. The van der Waals surface area contributed by atoms with Crippen LogP contribution in [0.25, 0.3) is 6.08 Å². The van der Waals surface area contributed by atoms with Crippen LogP contribution in [0.2, 0.25) is 0 Å². The van der Waals surface area contributed by atoms with Gasteiger partial charge in [0, 0.05) is 23.0 Å². The van der Waals surface area contributed by atoms with Crippen molar-refractivity contribution in [2.24, 2.45) is 0 Å². The summed E-state index contributed by atoms with van der Waals surface area (Å²) in [6, 6.07) is 9.96. The van der Waals surface area contributed by atoms with E-state index in [1.54, 1.807) is 19.3 Å². The first-order valence-corrected chi connectivity index (χ1v) is 7.76. The van der Waals surface area contributed by atoms with E-state index in [4.69, 9.17) is 5.26 Å². The Kier molecular flexibility index (Phi) is 7.70. The number of benzene rings is 1. The summed E-state index contributed by atoms with van der Waals surface area (Å²) in [5.74, 6) is 0.768. The molecule has 4 nitrogen and oxygen atoms in total. The third-order valence-electron chi connectivity index (χ3n) is 3.02. The molecule has 0 atom stereocenters. The van der Waals surface area contributed by atoms with Crippen molar-refractivity contribution in [2.75, 3.05) is 4.90 Å². The van der Waals surface area contributed by atoms with Gasteiger partial charge in [0.1, 0.15) is 12.1 Å². The molecule has 0 aliphatic heterocycles. The van der Waals surface area contributed by atoms with Crippen LogP contribution in [0.4, 0.5) is 11.5 Å². The summed E-state index contributed by atoms with van der Waals surface area (Å²) < 4.78 is 0. The molecule has 122 valence electrons. The molecule has 1 heterocycles. The van der Waals surface area contributed by atoms with Gasteiger partial charge in [0.15, 0.2) is 0 Å². The van der Waals surface area contributed by atoms with Crippen LogP contribution in [0.5, 0.6) is 0 Å². The number of anilines is 2. The van der Waals surface area contributed by atoms with Crippen molar-refractivity contribution in [1.29, 1.82) is 5.26 Å². The van der Waals surface area contributed by atoms with Crippen molar-refractivity contribution in [1.82, 2.24) is 9.97 Å². The molecule has 0 amide bonds. The molecular weight excluding hydrogens is 296 g/mol. The first-order chi connectivity index (χ1) is 11.7. The van der Waals surface area contributed by atoms with E-state index in [-0.39, 0.29) is 0 Å². The Labute approximate surface area is 144 Å². The molecule has 2 aromatic rings. The van der Waals surface area contributed by atoms with Crippen molar-refractivity contribution in [3.63, 3.8) is 0 Å². The lowest BCUT2D eigenvalue weighted by atomic mass is 10.1. The van der Waals surface area contributed by atoms with E-state index in [0.29, 0.717) is 5.57 Å². The monoisotopic (exact) mass is 318 g/mol. The SMILES string of the molecule is C=C=CN(c1cccc(/C=C(/C)C#N)c1)c1ncncc1C.CC. The van der Waals surface area contributed by atoms with E-state index in [0.717, 1.165) is 22.6 Å². The molecule has 0 radical (unpaired) electrons. The molecule has 1 aromatic heterocycles. The number of nitrogens with zero attached hydrogens (tertiary/aromatic N) is 4. The third-order valence-corrected chi connectivity index (χ3v) is 3.02. The average Bonchev–Trinajstić information content (AvgIpc) is 2.62. The van der Waals surface area contributed by atoms with Crippen LogP contribution in [0.1, 0.15) is 31.9 Å². The molecule has 24 heavy (non-hydrogen) atoms. The highest BCUT2D eigenvalue weighted by atomic mass is 15.2. The highest BCUT2D eigenvalue weighted by Gasteiger charge is 2.10. The highest BCUT2D eigenvalue weighted by Crippen LogP contribution is 2.27. The fraction of sp³-hybridized carbons (Fsp3) is 0.200. The largest absolute Gasteiger partial charge is 0.294 e. The zero-order valence-corrected chi connectivity index (χ0v) is 14.6. The van der Waals surface area contributed by atoms with E-state index in [2.05, 4.69) is 28.3 Å². The maximum atomic E-state index is 8.90. The van der Waals surface area contributed by atoms with Crippen LogP contribution in [0.15, 0.2) is 60.9 Å². The Hall–Kier alpha value is -3.15. The molecule has 0 aliphatic rings. The van der Waals surface area contributed by atoms with Gasteiger partial charge in [0.2, 0.25) is 0 Å². The van der Waals surface area contributed by atoms with Gasteiger partial charge in [-0.2, -0.15) is 5.26 Å². The van der Waals surface area contributed by atoms with Gasteiger partial charge in [-0.3, -0.25) is 4.90 Å². The van der Waals surface area contributed by atoms with Crippen LogP contribution >= 0.6 is 0 Å². The summed E-state index contributed by atoms with van der Waals surface area (Å²) in [6.07, 6.45) is 6.84. The molecule has 4 heteroatoms. The molecule has 0 fully saturated rings. The molecule has 0 N–H and O–H groups in total. The van der Waals surface area contributed by atoms with Gasteiger partial charge in [0.05, 0.1) is 12.3 Å². The van der Waals surface area contributed by atoms with E-state index < -0.39 is 0 Å². The van der Waals surface area contributed by atoms with Gasteiger partial charge in [-0.25, -0.2) is 9.97 Å². The van der Waals surface area contributed by atoms with Crippen LogP contribution < -0.4 is 4.90 Å². The van der Waals surface area contributed by atoms with Crippen LogP contribution in [0, 0.1) is 18.3 Å². The summed E-state index contributed by atoms with van der Waals surface area (Å²) in [5, 5.41) is 8.90. The second-order valence-electron chi connectivity index (χ2n) is 4.77. The van der Waals surface area contributed by atoms with Gasteiger partial charge in [-0.15, -0.1) is 5.73 Å². The number of aryl methyl sites for hydroxylation is 1. The lowest BCUT2D eigenvalue weighted by Gasteiger charge is -2.20. The zero-order chi connectivity index (χ0) is 17.9. The molecule has 0 bridgehead atoms. The number of hydrogen-bond donors (Lipinski definition) is 0. The second kappa shape index (κ2) is 9.78. The number of aromatic nitrogens is 2. The lowest BCUT2D eigenvalue weighted by Crippen LogP contribution is -2.11. The van der Waals surface area contributed by atoms with Crippen molar-refractivity contribution in [3.05, 3.63) is 72.0 Å². The van der Waals surface area contributed by atoms with Crippen molar-refractivity contribution >= 4 is 17.6 Å². The summed E-state index contributed by atoms with van der Waals surface area (Å²) >= 11 is 0. The summed E-state index contributed by atoms with van der Waals surface area (Å²) in [6.45, 7) is 11.4. The van der Waals surface area contributed by atoms with Crippen LogP contribution in [-0.2, 0) is 0 Å². The Bertz CT molecular complexity index is 793. The topological polar surface area (TPSA) is 52.8 Å². The molecule has 0 aliphatic carbocycles. The molecule has 0 unspecified atom stereocenters. The quantitative estimate of drug-likeness (QED) is 0.576. The smallest absolute Gasteiger partial charge is 0.143 e. The van der Waals surface area contributed by atoms with E-state index in [9.17, 15) is 0 Å². The molecule has 0 saturated heterocycles. The van der Waals surface area contributed by atoms with Crippen molar-refractivity contribution < 1.29 is 0 Å². The zero-order valence-electron chi connectivity index (χ0n) is 14.6. The van der Waals surface area contributed by atoms with Crippen LogP contribution in [0.3, 0.4) is 0 Å². The summed E-state index contributed by atoms with van der Waals surface area (Å²) in [7, 11) is 0. The number of nitriles is 1. The predicted octanol–water partition coefficient (Wildman–Crippen LogP) is 5.17. The maximum absolute atomic E-state index is 8.90. The average molecular weight is 318 g/mol. The molecule has 0 saturated carbocycles. The van der Waals surface area contributed by atoms with Gasteiger partial charge in [0.25, 0.3) is 0 Å². The molecule has 1 aromatic carbocycles. The van der Waals surface area contributed by atoms with Crippen molar-refractivity contribution in [2.45, 2.75) is 27.7 Å². The summed E-state index contributed by atoms with van der Waals surface area (Å²) in [4.78, 5) is 10.2. The first-order valence-electron chi connectivity index (χ1n) is 7.76. The van der Waals surface area contributed by atoms with Crippen molar-refractivity contribution in [3.8, 4) is 6.07 Å². The second-order valence-corrected chi connectivity index (χ2v) is 4.77. The van der Waals surface area contributed by atoms with Gasteiger partial charge < -0.3 is 0 Å². The fourth-order valence-corrected chi connectivity index (χ4v) is 2.04. The minimum Gasteiger partial charge on any atom is -0.294 e. The molecule has 2 rings (SSSR count). The standard InChI is InChI=1S/C18H16N4.C2H6/c1-4-8-22(18-15(3)12-20-13-21-18)17-7-5-6-16(10-17)9-14(2)11-19;1-2/h5-10,12-13H,1H2,2-3H3;1-2H3/b14-9-;. The Morgan fingerprint density at radius 1 is 1.33 bits per heavy atom. The minimum absolute atomic E-state index is 0.654. The number of allylic oxidation sites excluding steroid dienone is 1. The third kappa shape index (κ3) is 4.95. The molecule has 0 spiro atoms. The van der Waals surface area contributed by atoms with Gasteiger partial charge >= 0.3 is 0 Å². The van der Waals surface area contributed by atoms with E-state index >= 15 is 0 Å². The highest BCUT2D eigenvalue weighted by molar-refractivity contribution is 5.69. The summed E-state index contributed by atoms with van der Waals surface area (Å²) in [5.41, 5.74) is 6.25. The van der Waals surface area contributed by atoms with Gasteiger partial charge in [-0.05, 0) is 37.6 Å². The molecular formula is C20H22N4. The normalized spacial score (nSPS) is 9.88. The number of rotatable bonds is 4. The van der Waals surface area contributed by atoms with E-state index in [1.807, 2.05) is 56.0 Å². The van der Waals surface area contributed by atoms with Crippen LogP contribution in [-0.4, -0.2) is 9.97 Å².